The fourth-order valence-electron chi connectivity index (χ4n) is 4.32. The van der Waals surface area contributed by atoms with Gasteiger partial charge in [0.05, 0.1) is 12.1 Å². The van der Waals surface area contributed by atoms with Crippen molar-refractivity contribution in [3.8, 4) is 11.5 Å². The van der Waals surface area contributed by atoms with Crippen molar-refractivity contribution in [3.63, 3.8) is 0 Å². The van der Waals surface area contributed by atoms with Crippen molar-refractivity contribution in [2.24, 2.45) is 0 Å². The van der Waals surface area contributed by atoms with E-state index in [4.69, 9.17) is 9.47 Å². The van der Waals surface area contributed by atoms with Crippen molar-refractivity contribution in [1.82, 2.24) is 10.6 Å². The molecule has 168 valence electrons. The number of ether oxygens (including phenoxy) is 2. The number of amides is 1. The normalized spacial score (nSPS) is 23.5. The predicted molar refractivity (Wildman–Crippen MR) is 125 cm³/mol. The van der Waals surface area contributed by atoms with Crippen LogP contribution in [0.2, 0.25) is 0 Å². The molecule has 1 aliphatic carbocycles. The Kier molecular flexibility index (Phi) is 8.22. The zero-order chi connectivity index (χ0) is 20.9. The lowest BCUT2D eigenvalue weighted by Gasteiger charge is -2.31. The molecule has 31 heavy (non-hydrogen) atoms. The molecule has 1 unspecified atom stereocenters. The van der Waals surface area contributed by atoms with Crippen LogP contribution in [-0.2, 0) is 11.2 Å². The van der Waals surface area contributed by atoms with Crippen LogP contribution in [0.5, 0.6) is 11.5 Å². The molecule has 2 N–H and O–H groups in total. The number of carbonyl (C=O) groups is 1. The van der Waals surface area contributed by atoms with Crippen LogP contribution in [0.25, 0.3) is 0 Å². The molecule has 5 nitrogen and oxygen atoms in total. The lowest BCUT2D eigenvalue weighted by molar-refractivity contribution is -0.123. The second-order valence-corrected chi connectivity index (χ2v) is 8.44. The average molecular weight is 445 g/mol. The Hall–Kier alpha value is -2.24. The molecule has 1 aliphatic heterocycles. The van der Waals surface area contributed by atoms with E-state index >= 15 is 0 Å². The minimum Gasteiger partial charge on any atom is -0.490 e. The topological polar surface area (TPSA) is 59.6 Å². The maximum Gasteiger partial charge on any atom is 0.237 e. The minimum absolute atomic E-state index is 0. The average Bonchev–Trinajstić information content (AvgIpc) is 2.80. The Bertz CT molecular complexity index is 853. The number of likely N-dealkylation sites (N-methyl/N-ethyl adjacent to an activating group) is 1. The zero-order valence-corrected chi connectivity index (χ0v) is 19.1. The van der Waals surface area contributed by atoms with Gasteiger partial charge in [-0.2, -0.15) is 0 Å². The molecule has 0 saturated heterocycles. The van der Waals surface area contributed by atoms with Crippen molar-refractivity contribution in [2.45, 2.75) is 69.7 Å². The molecule has 1 amide bonds. The largest absolute Gasteiger partial charge is 0.490 e. The van der Waals surface area contributed by atoms with E-state index in [1.807, 2.05) is 25.1 Å². The molecule has 6 heteroatoms. The smallest absolute Gasteiger partial charge is 0.237 e. The highest BCUT2D eigenvalue weighted by Crippen LogP contribution is 2.37. The van der Waals surface area contributed by atoms with Crippen LogP contribution in [0.1, 0.15) is 56.3 Å². The zero-order valence-electron chi connectivity index (χ0n) is 18.3. The first-order valence-corrected chi connectivity index (χ1v) is 11.1. The van der Waals surface area contributed by atoms with Crippen molar-refractivity contribution in [3.05, 3.63) is 59.7 Å². The van der Waals surface area contributed by atoms with Gasteiger partial charge in [0.15, 0.2) is 0 Å². The van der Waals surface area contributed by atoms with E-state index in [0.717, 1.165) is 50.0 Å². The van der Waals surface area contributed by atoms with E-state index in [1.54, 1.807) is 7.05 Å². The SMILES string of the molecule is CN[C@@H](C)C(=O)NC1CCC(Oc2ccc3c(c2)CCC(c2ccccc2)O3)CC1.Cl. The van der Waals surface area contributed by atoms with Gasteiger partial charge in [0.1, 0.15) is 17.6 Å². The minimum atomic E-state index is -0.154. The van der Waals surface area contributed by atoms with Crippen LogP contribution in [0.15, 0.2) is 48.5 Å². The molecular weight excluding hydrogens is 412 g/mol. The van der Waals surface area contributed by atoms with Gasteiger partial charge in [0, 0.05) is 6.04 Å². The standard InChI is InChI=1S/C25H32N2O3.ClH/c1-17(26-2)25(28)27-20-9-11-21(12-10-20)29-22-13-15-24-19(16-22)8-14-23(30-24)18-6-4-3-5-7-18;/h3-7,13,15-17,20-21,23,26H,8-12,14H2,1-2H3,(H,27,28);1H/t17-,20?,21?,23?;/m0./s1. The third-order valence-electron chi connectivity index (χ3n) is 6.30. The first kappa shape index (κ1) is 23.4. The number of fused-ring (bicyclic) bond motifs is 1. The Morgan fingerprint density at radius 3 is 2.52 bits per heavy atom. The lowest BCUT2D eigenvalue weighted by atomic mass is 9.92. The molecular formula is C25H33ClN2O3. The Labute approximate surface area is 191 Å². The molecule has 0 spiro atoms. The summed E-state index contributed by atoms with van der Waals surface area (Å²) in [5.74, 6) is 1.96. The van der Waals surface area contributed by atoms with Crippen LogP contribution >= 0.6 is 12.4 Å². The first-order valence-electron chi connectivity index (χ1n) is 11.1. The Balaban J connectivity index is 0.00000272. The van der Waals surface area contributed by atoms with E-state index in [2.05, 4.69) is 41.0 Å². The molecule has 2 aromatic rings. The summed E-state index contributed by atoms with van der Waals surface area (Å²) in [7, 11) is 1.81. The second kappa shape index (κ2) is 10.9. The summed E-state index contributed by atoms with van der Waals surface area (Å²) in [6, 6.07) is 16.7. The molecule has 1 fully saturated rings. The van der Waals surface area contributed by atoms with Crippen molar-refractivity contribution >= 4 is 18.3 Å². The molecule has 0 aromatic heterocycles. The summed E-state index contributed by atoms with van der Waals surface area (Å²) in [6.45, 7) is 1.88. The molecule has 2 aliphatic rings. The van der Waals surface area contributed by atoms with Gasteiger partial charge in [0.2, 0.25) is 5.91 Å². The Morgan fingerprint density at radius 1 is 1.06 bits per heavy atom. The van der Waals surface area contributed by atoms with E-state index in [1.165, 1.54) is 11.1 Å². The number of nitrogens with one attached hydrogen (secondary N) is 2. The number of hydrogen-bond acceptors (Lipinski definition) is 4. The van der Waals surface area contributed by atoms with Crippen molar-refractivity contribution in [1.29, 1.82) is 0 Å². The number of carbonyl (C=O) groups excluding carboxylic acids is 1. The number of rotatable bonds is 6. The van der Waals surface area contributed by atoms with Gasteiger partial charge in [0.25, 0.3) is 0 Å². The van der Waals surface area contributed by atoms with Gasteiger partial charge in [-0.05, 0) is 81.8 Å². The molecule has 1 heterocycles. The molecule has 4 rings (SSSR count). The van der Waals surface area contributed by atoms with Crippen molar-refractivity contribution in [2.75, 3.05) is 7.05 Å². The molecule has 2 atom stereocenters. The molecule has 2 aromatic carbocycles. The van der Waals surface area contributed by atoms with Gasteiger partial charge < -0.3 is 20.1 Å². The molecule has 0 radical (unpaired) electrons. The first-order chi connectivity index (χ1) is 14.6. The van der Waals surface area contributed by atoms with Crippen LogP contribution in [0.3, 0.4) is 0 Å². The van der Waals surface area contributed by atoms with Crippen LogP contribution in [0.4, 0.5) is 0 Å². The lowest BCUT2D eigenvalue weighted by Crippen LogP contribution is -2.47. The summed E-state index contributed by atoms with van der Waals surface area (Å²) in [4.78, 5) is 12.0. The van der Waals surface area contributed by atoms with Crippen LogP contribution in [0, 0.1) is 0 Å². The highest BCUT2D eigenvalue weighted by molar-refractivity contribution is 5.85. The van der Waals surface area contributed by atoms with E-state index < -0.39 is 0 Å². The quantitative estimate of drug-likeness (QED) is 0.684. The monoisotopic (exact) mass is 444 g/mol. The predicted octanol–water partition coefficient (Wildman–Crippen LogP) is 4.59. The third-order valence-corrected chi connectivity index (χ3v) is 6.30. The highest BCUT2D eigenvalue weighted by atomic mass is 35.5. The summed E-state index contributed by atoms with van der Waals surface area (Å²) >= 11 is 0. The second-order valence-electron chi connectivity index (χ2n) is 8.44. The molecule has 1 saturated carbocycles. The Morgan fingerprint density at radius 2 is 1.81 bits per heavy atom. The van der Waals surface area contributed by atoms with Gasteiger partial charge in [-0.1, -0.05) is 30.3 Å². The van der Waals surface area contributed by atoms with Gasteiger partial charge in [-0.25, -0.2) is 0 Å². The maximum atomic E-state index is 12.0. The number of hydrogen-bond donors (Lipinski definition) is 2. The summed E-state index contributed by atoms with van der Waals surface area (Å²) in [5, 5.41) is 6.12. The number of halogens is 1. The van der Waals surface area contributed by atoms with E-state index in [-0.39, 0.29) is 42.6 Å². The van der Waals surface area contributed by atoms with E-state index in [0.29, 0.717) is 0 Å². The van der Waals surface area contributed by atoms with Gasteiger partial charge >= 0.3 is 0 Å². The maximum absolute atomic E-state index is 12.0. The summed E-state index contributed by atoms with van der Waals surface area (Å²) < 4.78 is 12.5. The van der Waals surface area contributed by atoms with Gasteiger partial charge in [-0.15, -0.1) is 12.4 Å². The molecule has 0 bridgehead atoms. The van der Waals surface area contributed by atoms with Crippen LogP contribution < -0.4 is 20.1 Å². The fourth-order valence-corrected chi connectivity index (χ4v) is 4.32. The van der Waals surface area contributed by atoms with Crippen molar-refractivity contribution < 1.29 is 14.3 Å². The summed E-state index contributed by atoms with van der Waals surface area (Å²) in [5.41, 5.74) is 2.46. The van der Waals surface area contributed by atoms with E-state index in [9.17, 15) is 4.79 Å². The number of benzene rings is 2. The third kappa shape index (κ3) is 5.92. The fraction of sp³-hybridized carbons (Fsp3) is 0.480. The highest BCUT2D eigenvalue weighted by Gasteiger charge is 2.26. The summed E-state index contributed by atoms with van der Waals surface area (Å²) in [6.07, 6.45) is 6.15. The number of aryl methyl sites for hydroxylation is 1. The van der Waals surface area contributed by atoms with Gasteiger partial charge in [-0.3, -0.25) is 4.79 Å². The van der Waals surface area contributed by atoms with Crippen LogP contribution in [-0.4, -0.2) is 31.1 Å².